The third-order valence-corrected chi connectivity index (χ3v) is 3.42. The zero-order valence-electron chi connectivity index (χ0n) is 15.6. The van der Waals surface area contributed by atoms with Crippen LogP contribution in [0.15, 0.2) is 42.7 Å². The van der Waals surface area contributed by atoms with Crippen molar-refractivity contribution in [1.29, 1.82) is 0 Å². The molecule has 0 radical (unpaired) electrons. The lowest BCUT2D eigenvalue weighted by atomic mass is 10.1. The molecule has 0 aliphatic carbocycles. The highest BCUT2D eigenvalue weighted by molar-refractivity contribution is 5.68. The monoisotopic (exact) mass is 382 g/mol. The number of halogens is 2. The number of ether oxygens (including phenoxy) is 2. The fourth-order valence-corrected chi connectivity index (χ4v) is 2.22. The molecule has 2 rings (SSSR count). The van der Waals surface area contributed by atoms with Crippen LogP contribution in [0.3, 0.4) is 0 Å². The van der Waals surface area contributed by atoms with Crippen molar-refractivity contribution in [2.75, 3.05) is 6.61 Å². The van der Waals surface area contributed by atoms with Gasteiger partial charge in [-0.25, -0.2) is 13.6 Å². The Morgan fingerprint density at radius 1 is 1.19 bits per heavy atom. The quantitative estimate of drug-likeness (QED) is 0.759. The number of nitrogens with zero attached hydrogens (tertiary/aromatic N) is 3. The van der Waals surface area contributed by atoms with Crippen molar-refractivity contribution in [2.45, 2.75) is 51.5 Å². The van der Waals surface area contributed by atoms with Crippen molar-refractivity contribution < 1.29 is 23.0 Å². The molecule has 1 atom stereocenters. The van der Waals surface area contributed by atoms with E-state index in [4.69, 9.17) is 9.47 Å². The predicted octanol–water partition coefficient (Wildman–Crippen LogP) is 3.02. The summed E-state index contributed by atoms with van der Waals surface area (Å²) in [7, 11) is 0. The lowest BCUT2D eigenvalue weighted by Gasteiger charge is -2.28. The van der Waals surface area contributed by atoms with Gasteiger partial charge in [-0.15, -0.1) is 0 Å². The van der Waals surface area contributed by atoms with Crippen LogP contribution in [0.2, 0.25) is 0 Å². The third kappa shape index (κ3) is 7.30. The van der Waals surface area contributed by atoms with Crippen molar-refractivity contribution >= 4 is 6.09 Å². The number of hydrogen-bond acceptors (Lipinski definition) is 5. The van der Waals surface area contributed by atoms with Crippen LogP contribution < -0.4 is 5.32 Å². The van der Waals surface area contributed by atoms with Gasteiger partial charge in [0.2, 0.25) is 0 Å². The molecule has 0 bridgehead atoms. The van der Waals surface area contributed by atoms with Gasteiger partial charge in [-0.05, 0) is 26.3 Å². The Kier molecular flexibility index (Phi) is 6.84. The van der Waals surface area contributed by atoms with Crippen LogP contribution in [0.4, 0.5) is 13.6 Å². The average Bonchev–Trinajstić information content (AvgIpc) is 3.06. The van der Waals surface area contributed by atoms with E-state index in [1.165, 1.54) is 12.4 Å². The summed E-state index contributed by atoms with van der Waals surface area (Å²) in [5, 5.41) is 9.85. The van der Waals surface area contributed by atoms with Gasteiger partial charge < -0.3 is 14.8 Å². The molecule has 0 aliphatic rings. The van der Waals surface area contributed by atoms with Crippen LogP contribution in [0.5, 0.6) is 0 Å². The average molecular weight is 382 g/mol. The minimum Gasteiger partial charge on any atom is -0.444 e. The number of carbonyl (C=O) groups excluding carboxylic acids is 1. The van der Waals surface area contributed by atoms with Crippen LogP contribution in [0, 0.1) is 0 Å². The first-order chi connectivity index (χ1) is 12.7. The number of nitrogens with one attached hydrogen (secondary N) is 1. The Bertz CT molecular complexity index is 703. The van der Waals surface area contributed by atoms with E-state index in [9.17, 15) is 13.6 Å². The van der Waals surface area contributed by atoms with E-state index in [1.807, 2.05) is 6.07 Å². The summed E-state index contributed by atoms with van der Waals surface area (Å²) in [6.07, 6.45) is 1.80. The maximum Gasteiger partial charge on any atom is 0.408 e. The van der Waals surface area contributed by atoms with Gasteiger partial charge >= 0.3 is 6.09 Å². The molecule has 0 fully saturated rings. The number of alkyl carbamates (subject to hydrolysis) is 1. The fraction of sp³-hybridized carbons (Fsp3) is 0.500. The van der Waals surface area contributed by atoms with Gasteiger partial charge in [0.25, 0.3) is 5.92 Å². The molecule has 1 heterocycles. The van der Waals surface area contributed by atoms with E-state index in [0.29, 0.717) is 0 Å². The summed E-state index contributed by atoms with van der Waals surface area (Å²) < 4.78 is 39.7. The van der Waals surface area contributed by atoms with Crippen molar-refractivity contribution in [3.05, 3.63) is 48.3 Å². The first-order valence-corrected chi connectivity index (χ1v) is 8.49. The van der Waals surface area contributed by atoms with Crippen molar-refractivity contribution in [1.82, 2.24) is 20.3 Å². The van der Waals surface area contributed by atoms with Gasteiger partial charge in [-0.2, -0.15) is 15.0 Å². The number of rotatable bonds is 8. The van der Waals surface area contributed by atoms with Crippen LogP contribution in [-0.2, 0) is 22.6 Å². The molecule has 9 heteroatoms. The second kappa shape index (κ2) is 8.90. The maximum atomic E-state index is 14.7. The summed E-state index contributed by atoms with van der Waals surface area (Å²) in [6.45, 7) is 3.79. The Balaban J connectivity index is 2.01. The summed E-state index contributed by atoms with van der Waals surface area (Å²) in [5.74, 6) is -3.36. The molecular formula is C18H24F2N4O3. The van der Waals surface area contributed by atoms with Gasteiger partial charge in [0.15, 0.2) is 0 Å². The standard InChI is InChI=1S/C18H24F2N4O3/c1-17(2,3)27-16(25)23-15(11-24-21-9-10-22-24)18(19,20)13-26-12-14-7-5-4-6-8-14/h4-10,15H,11-13H2,1-3H3,(H,23,25)/t15-/m1/s1. The van der Waals surface area contributed by atoms with Gasteiger partial charge in [0.1, 0.15) is 18.2 Å². The number of carbonyl (C=O) groups is 1. The van der Waals surface area contributed by atoms with Crippen LogP contribution in [0.25, 0.3) is 0 Å². The molecule has 0 unspecified atom stereocenters. The predicted molar refractivity (Wildman–Crippen MR) is 94.2 cm³/mol. The second-order valence-corrected chi connectivity index (χ2v) is 7.02. The lowest BCUT2D eigenvalue weighted by Crippen LogP contribution is -2.53. The highest BCUT2D eigenvalue weighted by Crippen LogP contribution is 2.22. The first-order valence-electron chi connectivity index (χ1n) is 8.49. The molecule has 7 nitrogen and oxygen atoms in total. The van der Waals surface area contributed by atoms with E-state index in [-0.39, 0.29) is 13.2 Å². The fourth-order valence-electron chi connectivity index (χ4n) is 2.22. The lowest BCUT2D eigenvalue weighted by molar-refractivity contribution is -0.109. The van der Waals surface area contributed by atoms with E-state index >= 15 is 0 Å². The van der Waals surface area contributed by atoms with Crippen molar-refractivity contribution in [3.8, 4) is 0 Å². The van der Waals surface area contributed by atoms with Crippen LogP contribution >= 0.6 is 0 Å². The van der Waals surface area contributed by atoms with E-state index in [2.05, 4.69) is 15.5 Å². The minimum absolute atomic E-state index is 0.0373. The molecule has 27 heavy (non-hydrogen) atoms. The largest absolute Gasteiger partial charge is 0.444 e. The molecule has 148 valence electrons. The molecule has 0 aliphatic heterocycles. The SMILES string of the molecule is CC(C)(C)OC(=O)N[C@H](Cn1nccn1)C(F)(F)COCc1ccccc1. The molecule has 1 amide bonds. The zero-order chi connectivity index (χ0) is 19.9. The molecule has 1 N–H and O–H groups in total. The molecule has 2 aromatic rings. The minimum atomic E-state index is -3.36. The summed E-state index contributed by atoms with van der Waals surface area (Å²) >= 11 is 0. The first kappa shape index (κ1) is 20.8. The van der Waals surface area contributed by atoms with Gasteiger partial charge in [0.05, 0.1) is 25.5 Å². The normalized spacial score (nSPS) is 13.2. The Labute approximate surface area is 156 Å². The highest BCUT2D eigenvalue weighted by atomic mass is 19.3. The molecule has 0 saturated carbocycles. The Morgan fingerprint density at radius 3 is 2.41 bits per heavy atom. The van der Waals surface area contributed by atoms with Crippen LogP contribution in [-0.4, -0.2) is 45.3 Å². The molecular weight excluding hydrogens is 358 g/mol. The van der Waals surface area contributed by atoms with Crippen molar-refractivity contribution in [2.24, 2.45) is 0 Å². The highest BCUT2D eigenvalue weighted by Gasteiger charge is 2.42. The van der Waals surface area contributed by atoms with Crippen molar-refractivity contribution in [3.63, 3.8) is 0 Å². The Morgan fingerprint density at radius 2 is 1.81 bits per heavy atom. The number of aromatic nitrogens is 3. The summed E-state index contributed by atoms with van der Waals surface area (Å²) in [6, 6.07) is 7.39. The Hall–Kier alpha value is -2.55. The molecule has 0 spiro atoms. The summed E-state index contributed by atoms with van der Waals surface area (Å²) in [5.41, 5.74) is -0.0313. The third-order valence-electron chi connectivity index (χ3n) is 3.42. The topological polar surface area (TPSA) is 78.3 Å². The molecule has 0 saturated heterocycles. The van der Waals surface area contributed by atoms with Crippen LogP contribution in [0.1, 0.15) is 26.3 Å². The molecule has 1 aromatic carbocycles. The van der Waals surface area contributed by atoms with E-state index < -0.39 is 30.3 Å². The van der Waals surface area contributed by atoms with Gasteiger partial charge in [0, 0.05) is 0 Å². The smallest absolute Gasteiger partial charge is 0.408 e. The summed E-state index contributed by atoms with van der Waals surface area (Å²) in [4.78, 5) is 13.1. The number of benzene rings is 1. The maximum absolute atomic E-state index is 14.7. The molecule has 1 aromatic heterocycles. The number of alkyl halides is 2. The van der Waals surface area contributed by atoms with Gasteiger partial charge in [-0.3, -0.25) is 0 Å². The second-order valence-electron chi connectivity index (χ2n) is 7.02. The van der Waals surface area contributed by atoms with Gasteiger partial charge in [-0.1, -0.05) is 30.3 Å². The number of hydrogen-bond donors (Lipinski definition) is 1. The van der Waals surface area contributed by atoms with E-state index in [0.717, 1.165) is 10.4 Å². The van der Waals surface area contributed by atoms with E-state index in [1.54, 1.807) is 45.0 Å². The number of amides is 1. The zero-order valence-corrected chi connectivity index (χ0v) is 15.6.